The number of hydrazone groups is 1. The highest BCUT2D eigenvalue weighted by molar-refractivity contribution is 9.10. The van der Waals surface area contributed by atoms with E-state index in [1.54, 1.807) is 25.3 Å². The lowest BCUT2D eigenvalue weighted by molar-refractivity contribution is 0.0959. The number of aromatic hydroxyl groups is 1. The Labute approximate surface area is 191 Å². The van der Waals surface area contributed by atoms with E-state index in [2.05, 4.69) is 31.4 Å². The van der Waals surface area contributed by atoms with Crippen LogP contribution in [0.4, 0.5) is 0 Å². The predicted octanol–water partition coefficient (Wildman–Crippen LogP) is 4.77. The Balaban J connectivity index is 1.75. The topological polar surface area (TPSA) is 88.7 Å². The molecule has 0 aliphatic rings. The van der Waals surface area contributed by atoms with Crippen LogP contribution in [0.1, 0.15) is 26.5 Å². The van der Waals surface area contributed by atoms with Crippen molar-refractivity contribution in [3.05, 3.63) is 75.0 Å². The van der Waals surface area contributed by atoms with Gasteiger partial charge in [0.2, 0.25) is 0 Å². The number of phenols is 1. The molecule has 0 radical (unpaired) electrons. The first-order chi connectivity index (χ1) is 15.0. The zero-order valence-electron chi connectivity index (χ0n) is 16.8. The molecule has 4 aromatic rings. The summed E-state index contributed by atoms with van der Waals surface area (Å²) in [6.07, 6.45) is 5.18. The first kappa shape index (κ1) is 21.2. The molecule has 3 heterocycles. The van der Waals surface area contributed by atoms with Crippen molar-refractivity contribution in [3.8, 4) is 11.4 Å². The number of ether oxygens (including phenoxy) is 1. The van der Waals surface area contributed by atoms with E-state index in [-0.39, 0.29) is 11.7 Å². The van der Waals surface area contributed by atoms with Crippen LogP contribution in [0.25, 0.3) is 15.9 Å². The smallest absolute Gasteiger partial charge is 0.283 e. The third-order valence-corrected chi connectivity index (χ3v) is 6.14. The Morgan fingerprint density at radius 2 is 2.13 bits per heavy atom. The third kappa shape index (κ3) is 4.39. The molecule has 9 heteroatoms. The van der Waals surface area contributed by atoms with E-state index in [0.717, 1.165) is 31.6 Å². The zero-order chi connectivity index (χ0) is 22.0. The van der Waals surface area contributed by atoms with Crippen molar-refractivity contribution in [2.75, 3.05) is 7.11 Å². The van der Waals surface area contributed by atoms with Crippen LogP contribution >= 0.6 is 27.3 Å². The zero-order valence-corrected chi connectivity index (χ0v) is 19.2. The number of methoxy groups -OCH3 is 1. The Kier molecular flexibility index (Phi) is 6.17. The number of halogens is 1. The molecule has 0 unspecified atom stereocenters. The van der Waals surface area contributed by atoms with E-state index in [9.17, 15) is 9.90 Å². The Morgan fingerprint density at radius 3 is 2.87 bits per heavy atom. The van der Waals surface area contributed by atoms with Crippen molar-refractivity contribution >= 4 is 49.6 Å². The first-order valence-corrected chi connectivity index (χ1v) is 11.0. The summed E-state index contributed by atoms with van der Waals surface area (Å²) in [5.74, 6) is -0.293. The van der Waals surface area contributed by atoms with Gasteiger partial charge in [0, 0.05) is 40.6 Å². The minimum absolute atomic E-state index is 0.0694. The van der Waals surface area contributed by atoms with E-state index >= 15 is 0 Å². The molecule has 0 atom stereocenters. The van der Waals surface area contributed by atoms with Gasteiger partial charge in [0.25, 0.3) is 5.91 Å². The van der Waals surface area contributed by atoms with Crippen LogP contribution in [0.2, 0.25) is 0 Å². The number of phenolic OH excluding ortho intramolecular Hbond substituents is 1. The lowest BCUT2D eigenvalue weighted by Crippen LogP contribution is -2.18. The molecule has 0 bridgehead atoms. The number of aromatic nitrogens is 2. The van der Waals surface area contributed by atoms with Crippen molar-refractivity contribution in [3.63, 3.8) is 0 Å². The van der Waals surface area contributed by atoms with Gasteiger partial charge in [0.15, 0.2) is 0 Å². The largest absolute Gasteiger partial charge is 0.507 e. The average Bonchev–Trinajstić information content (AvgIpc) is 3.38. The van der Waals surface area contributed by atoms with Crippen molar-refractivity contribution < 1.29 is 14.6 Å². The monoisotopic (exact) mass is 498 g/mol. The second-order valence-corrected chi connectivity index (χ2v) is 8.72. The molecular weight excluding hydrogens is 480 g/mol. The molecule has 3 aromatic heterocycles. The number of rotatable bonds is 6. The van der Waals surface area contributed by atoms with Gasteiger partial charge in [-0.2, -0.15) is 5.10 Å². The van der Waals surface area contributed by atoms with Crippen LogP contribution in [0, 0.1) is 6.92 Å². The summed E-state index contributed by atoms with van der Waals surface area (Å²) in [5.41, 5.74) is 5.61. The van der Waals surface area contributed by atoms with Gasteiger partial charge in [-0.15, -0.1) is 11.3 Å². The molecule has 1 amide bonds. The molecule has 0 aliphatic heterocycles. The number of amides is 1. The van der Waals surface area contributed by atoms with Crippen molar-refractivity contribution in [1.82, 2.24) is 15.0 Å². The number of hydrogen-bond donors (Lipinski definition) is 2. The van der Waals surface area contributed by atoms with Gasteiger partial charge < -0.3 is 14.4 Å². The minimum atomic E-state index is -0.363. The highest BCUT2D eigenvalue weighted by Crippen LogP contribution is 2.36. The number of nitrogens with zero attached hydrogens (tertiary/aromatic N) is 3. The SMILES string of the molecule is COCc1cc(C)nc2sc(C(=O)NN=Cc3cc(Br)ccc3O)c(-n3cccc3)c12. The fraction of sp³-hybridized carbons (Fsp3) is 0.136. The number of thiophene rings is 1. The lowest BCUT2D eigenvalue weighted by atomic mass is 10.1. The fourth-order valence-electron chi connectivity index (χ4n) is 3.29. The Morgan fingerprint density at radius 1 is 1.35 bits per heavy atom. The molecule has 2 N–H and O–H groups in total. The third-order valence-electron chi connectivity index (χ3n) is 4.57. The van der Waals surface area contributed by atoms with Crippen molar-refractivity contribution in [2.45, 2.75) is 13.5 Å². The number of pyridine rings is 1. The van der Waals surface area contributed by atoms with E-state index in [1.165, 1.54) is 17.6 Å². The standard InChI is InChI=1S/C22H19BrN4O3S/c1-13-9-15(12-30-2)18-19(27-7-3-4-8-27)20(31-22(18)25-13)21(29)26-24-11-14-10-16(23)5-6-17(14)28/h3-11,28H,12H2,1-2H3,(H,26,29). The number of hydrogen-bond acceptors (Lipinski definition) is 6. The molecule has 0 saturated carbocycles. The van der Waals surface area contributed by atoms with Gasteiger partial charge in [-0.05, 0) is 48.9 Å². The Bertz CT molecular complexity index is 1280. The summed E-state index contributed by atoms with van der Waals surface area (Å²) >= 11 is 4.66. The van der Waals surface area contributed by atoms with Gasteiger partial charge in [0.1, 0.15) is 15.5 Å². The highest BCUT2D eigenvalue weighted by Gasteiger charge is 2.23. The van der Waals surface area contributed by atoms with Gasteiger partial charge in [-0.1, -0.05) is 15.9 Å². The summed E-state index contributed by atoms with van der Waals surface area (Å²) in [4.78, 5) is 18.9. The van der Waals surface area contributed by atoms with Crippen LogP contribution in [-0.4, -0.2) is 33.9 Å². The maximum Gasteiger partial charge on any atom is 0.283 e. The second-order valence-electron chi connectivity index (χ2n) is 6.81. The summed E-state index contributed by atoms with van der Waals surface area (Å²) in [6.45, 7) is 2.33. The van der Waals surface area contributed by atoms with Crippen LogP contribution in [0.3, 0.4) is 0 Å². The van der Waals surface area contributed by atoms with E-state index in [1.807, 2.05) is 42.1 Å². The molecule has 4 rings (SSSR count). The number of fused-ring (bicyclic) bond motifs is 1. The van der Waals surface area contributed by atoms with E-state index < -0.39 is 0 Å². The fourth-order valence-corrected chi connectivity index (χ4v) is 4.82. The molecule has 158 valence electrons. The van der Waals surface area contributed by atoms with Gasteiger partial charge in [-0.3, -0.25) is 4.79 Å². The number of carbonyl (C=O) groups is 1. The molecule has 31 heavy (non-hydrogen) atoms. The Hall–Kier alpha value is -3.01. The summed E-state index contributed by atoms with van der Waals surface area (Å²) in [5, 5.41) is 14.9. The van der Waals surface area contributed by atoms with Crippen molar-refractivity contribution in [2.24, 2.45) is 5.10 Å². The normalized spacial score (nSPS) is 11.5. The van der Waals surface area contributed by atoms with E-state index in [0.29, 0.717) is 17.0 Å². The van der Waals surface area contributed by atoms with E-state index in [4.69, 9.17) is 4.74 Å². The summed E-state index contributed by atoms with van der Waals surface area (Å²) in [7, 11) is 1.64. The maximum absolute atomic E-state index is 13.1. The maximum atomic E-state index is 13.1. The molecule has 0 saturated heterocycles. The minimum Gasteiger partial charge on any atom is -0.507 e. The van der Waals surface area contributed by atoms with Crippen LogP contribution < -0.4 is 5.43 Å². The second kappa shape index (κ2) is 9.01. The summed E-state index contributed by atoms with van der Waals surface area (Å²) in [6, 6.07) is 10.8. The molecule has 1 aromatic carbocycles. The first-order valence-electron chi connectivity index (χ1n) is 9.35. The predicted molar refractivity (Wildman–Crippen MR) is 125 cm³/mol. The van der Waals surface area contributed by atoms with Gasteiger partial charge >= 0.3 is 0 Å². The summed E-state index contributed by atoms with van der Waals surface area (Å²) < 4.78 is 8.08. The molecule has 0 aliphatic carbocycles. The quantitative estimate of drug-likeness (QED) is 0.296. The number of benzene rings is 1. The van der Waals surface area contributed by atoms with Crippen LogP contribution in [-0.2, 0) is 11.3 Å². The number of aryl methyl sites for hydroxylation is 1. The van der Waals surface area contributed by atoms with Gasteiger partial charge in [-0.25, -0.2) is 10.4 Å². The van der Waals surface area contributed by atoms with Crippen molar-refractivity contribution in [1.29, 1.82) is 0 Å². The van der Waals surface area contributed by atoms with Crippen LogP contribution in [0.15, 0.2) is 58.4 Å². The molecule has 7 nitrogen and oxygen atoms in total. The molecule has 0 fully saturated rings. The number of carbonyl (C=O) groups excluding carboxylic acids is 1. The average molecular weight is 499 g/mol. The molecular formula is C22H19BrN4O3S. The lowest BCUT2D eigenvalue weighted by Gasteiger charge is -2.09. The molecule has 0 spiro atoms. The van der Waals surface area contributed by atoms with Gasteiger partial charge in [0.05, 0.1) is 18.5 Å². The van der Waals surface area contributed by atoms with Crippen LogP contribution in [0.5, 0.6) is 5.75 Å². The number of nitrogens with one attached hydrogen (secondary N) is 1. The highest BCUT2D eigenvalue weighted by atomic mass is 79.9.